The van der Waals surface area contributed by atoms with Crippen molar-refractivity contribution >= 4 is 39.1 Å². The summed E-state index contributed by atoms with van der Waals surface area (Å²) in [4.78, 5) is 16.9. The lowest BCUT2D eigenvalue weighted by Crippen LogP contribution is -2.00. The van der Waals surface area contributed by atoms with Gasteiger partial charge in [0.25, 0.3) is 0 Å². The van der Waals surface area contributed by atoms with Gasteiger partial charge in [0.1, 0.15) is 0 Å². The van der Waals surface area contributed by atoms with Crippen LogP contribution in [-0.2, 0) is 6.42 Å². The Bertz CT molecular complexity index is 1010. The topological polar surface area (TPSA) is 30.0 Å². The van der Waals surface area contributed by atoms with E-state index >= 15 is 0 Å². The van der Waals surface area contributed by atoms with E-state index in [1.807, 2.05) is 0 Å². The van der Waals surface area contributed by atoms with Crippen LogP contribution >= 0.6 is 23.1 Å². The van der Waals surface area contributed by atoms with Gasteiger partial charge in [-0.3, -0.25) is 4.79 Å². The number of carbonyl (C=O) groups excluding carboxylic acids is 1. The monoisotopic (exact) mass is 397 g/mol. The molecule has 2 aromatic carbocycles. The zero-order valence-electron chi connectivity index (χ0n) is 13.4. The molecule has 0 aliphatic carbocycles. The molecule has 0 bridgehead atoms. The fourth-order valence-corrected chi connectivity index (χ4v) is 4.22. The number of thiazole rings is 1. The van der Waals surface area contributed by atoms with Crippen molar-refractivity contribution in [1.29, 1.82) is 0 Å². The first-order chi connectivity index (χ1) is 12.3. The third kappa shape index (κ3) is 3.52. The predicted molar refractivity (Wildman–Crippen MR) is 94.6 cm³/mol. The Labute approximate surface area is 154 Å². The van der Waals surface area contributed by atoms with Crippen LogP contribution in [0.2, 0.25) is 0 Å². The number of hydrogen-bond acceptors (Lipinski definition) is 4. The van der Waals surface area contributed by atoms with Crippen LogP contribution in [0.5, 0.6) is 0 Å². The minimum atomic E-state index is -1.05. The lowest BCUT2D eigenvalue weighted by atomic mass is 10.1. The molecular formula is C18H11F4NOS2. The van der Waals surface area contributed by atoms with Crippen molar-refractivity contribution in [3.05, 3.63) is 69.6 Å². The Kier molecular flexibility index (Phi) is 5.15. The standard InChI is InChI=1S/C18H11F4NOS2/c1-3-9-4-10(19)12(21)6-15(9)25-8(2)17(24)18-23-14-5-11(20)13(22)7-16(14)26-18/h4-7H,2-3H2,1H3. The number of thioether (sulfide) groups is 1. The third-order valence-electron chi connectivity index (χ3n) is 3.60. The third-order valence-corrected chi connectivity index (χ3v) is 5.64. The van der Waals surface area contributed by atoms with E-state index in [1.165, 1.54) is 0 Å². The Morgan fingerprint density at radius 3 is 2.38 bits per heavy atom. The fraction of sp³-hybridized carbons (Fsp3) is 0.111. The highest BCUT2D eigenvalue weighted by Gasteiger charge is 2.20. The summed E-state index contributed by atoms with van der Waals surface area (Å²) in [6.07, 6.45) is 0.445. The predicted octanol–water partition coefficient (Wildman–Crippen LogP) is 5.90. The molecule has 0 N–H and O–H groups in total. The average Bonchev–Trinajstić information content (AvgIpc) is 3.00. The molecule has 0 fully saturated rings. The highest BCUT2D eigenvalue weighted by Crippen LogP contribution is 2.34. The Morgan fingerprint density at radius 2 is 1.69 bits per heavy atom. The second kappa shape index (κ2) is 7.20. The number of aromatic nitrogens is 1. The van der Waals surface area contributed by atoms with E-state index in [4.69, 9.17) is 0 Å². The molecule has 0 atom stereocenters. The Hall–Kier alpha value is -2.19. The molecule has 1 aromatic heterocycles. The number of allylic oxidation sites excluding steroid dienone is 1. The number of hydrogen-bond donors (Lipinski definition) is 0. The summed E-state index contributed by atoms with van der Waals surface area (Å²) < 4.78 is 53.7. The molecule has 0 spiro atoms. The van der Waals surface area contributed by atoms with E-state index in [2.05, 4.69) is 11.6 Å². The van der Waals surface area contributed by atoms with Gasteiger partial charge in [-0.2, -0.15) is 0 Å². The van der Waals surface area contributed by atoms with Gasteiger partial charge in [0.2, 0.25) is 5.78 Å². The van der Waals surface area contributed by atoms with E-state index < -0.39 is 29.1 Å². The zero-order valence-corrected chi connectivity index (χ0v) is 15.0. The van der Waals surface area contributed by atoms with E-state index in [1.54, 1.807) is 6.92 Å². The highest BCUT2D eigenvalue weighted by atomic mass is 32.2. The average molecular weight is 397 g/mol. The van der Waals surface area contributed by atoms with Crippen LogP contribution in [0.3, 0.4) is 0 Å². The summed E-state index contributed by atoms with van der Waals surface area (Å²) in [5, 5.41) is 0.0168. The Balaban J connectivity index is 1.89. The molecule has 0 aliphatic rings. The van der Waals surface area contributed by atoms with E-state index in [9.17, 15) is 22.4 Å². The van der Waals surface area contributed by atoms with Crippen molar-refractivity contribution in [2.45, 2.75) is 18.2 Å². The van der Waals surface area contributed by atoms with Gasteiger partial charge in [0.15, 0.2) is 28.3 Å². The van der Waals surface area contributed by atoms with Gasteiger partial charge in [-0.15, -0.1) is 11.3 Å². The molecule has 0 unspecified atom stereocenters. The van der Waals surface area contributed by atoms with E-state index in [-0.39, 0.29) is 15.4 Å². The molecular weight excluding hydrogens is 386 g/mol. The number of fused-ring (bicyclic) bond motifs is 1. The molecule has 26 heavy (non-hydrogen) atoms. The molecule has 0 radical (unpaired) electrons. The summed E-state index contributed by atoms with van der Waals surface area (Å²) in [7, 11) is 0. The van der Waals surface area contributed by atoms with Crippen molar-refractivity contribution < 1.29 is 22.4 Å². The number of carbonyl (C=O) groups is 1. The second-order valence-corrected chi connectivity index (χ2v) is 7.50. The molecule has 0 aliphatic heterocycles. The van der Waals surface area contributed by atoms with Crippen molar-refractivity contribution in [3.63, 3.8) is 0 Å². The highest BCUT2D eigenvalue weighted by molar-refractivity contribution is 8.04. The van der Waals surface area contributed by atoms with Crippen LogP contribution in [0, 0.1) is 23.3 Å². The molecule has 3 aromatic rings. The van der Waals surface area contributed by atoms with Crippen molar-refractivity contribution in [2.24, 2.45) is 0 Å². The van der Waals surface area contributed by atoms with Gasteiger partial charge in [-0.05, 0) is 30.2 Å². The summed E-state index contributed by atoms with van der Waals surface area (Å²) in [6.45, 7) is 5.45. The SMILES string of the molecule is C=C(Sc1cc(F)c(F)cc1CC)C(=O)c1nc2cc(F)c(F)cc2s1. The smallest absolute Gasteiger partial charge is 0.227 e. The molecule has 134 valence electrons. The normalized spacial score (nSPS) is 11.1. The van der Waals surface area contributed by atoms with Crippen LogP contribution in [0.15, 0.2) is 40.6 Å². The van der Waals surface area contributed by atoms with Gasteiger partial charge < -0.3 is 0 Å². The molecule has 3 rings (SSSR count). The molecule has 2 nitrogen and oxygen atoms in total. The molecule has 8 heteroatoms. The number of benzene rings is 2. The lowest BCUT2D eigenvalue weighted by Gasteiger charge is -2.09. The molecule has 0 amide bonds. The summed E-state index contributed by atoms with van der Waals surface area (Å²) in [6, 6.07) is 3.98. The van der Waals surface area contributed by atoms with Gasteiger partial charge in [-0.25, -0.2) is 22.5 Å². The van der Waals surface area contributed by atoms with Crippen LogP contribution in [0.1, 0.15) is 22.3 Å². The minimum Gasteiger partial charge on any atom is -0.285 e. The minimum absolute atomic E-state index is 0.0168. The Morgan fingerprint density at radius 1 is 1.08 bits per heavy atom. The van der Waals surface area contributed by atoms with Gasteiger partial charge in [0.05, 0.1) is 15.1 Å². The van der Waals surface area contributed by atoms with Crippen molar-refractivity contribution in [2.75, 3.05) is 0 Å². The second-order valence-electron chi connectivity index (χ2n) is 5.34. The molecule has 1 heterocycles. The number of ketones is 1. The van der Waals surface area contributed by atoms with Crippen molar-refractivity contribution in [3.8, 4) is 0 Å². The van der Waals surface area contributed by atoms with Crippen molar-refractivity contribution in [1.82, 2.24) is 4.98 Å². The van der Waals surface area contributed by atoms with E-state index in [0.29, 0.717) is 21.6 Å². The number of nitrogens with zero attached hydrogens (tertiary/aromatic N) is 1. The molecule has 0 saturated carbocycles. The van der Waals surface area contributed by atoms with Gasteiger partial charge in [-0.1, -0.05) is 25.3 Å². The van der Waals surface area contributed by atoms with Crippen LogP contribution < -0.4 is 0 Å². The number of Topliss-reactive ketones (excluding diaryl/α,β-unsaturated/α-hetero) is 1. The molecule has 0 saturated heterocycles. The van der Waals surface area contributed by atoms with Crippen LogP contribution in [0.4, 0.5) is 17.6 Å². The first-order valence-corrected chi connectivity index (χ1v) is 9.08. The largest absolute Gasteiger partial charge is 0.285 e. The summed E-state index contributed by atoms with van der Waals surface area (Å²) in [5.74, 6) is -4.59. The maximum absolute atomic E-state index is 13.5. The van der Waals surface area contributed by atoms with Crippen LogP contribution in [-0.4, -0.2) is 10.8 Å². The first kappa shape index (κ1) is 18.6. The van der Waals surface area contributed by atoms with Crippen LogP contribution in [0.25, 0.3) is 10.2 Å². The van der Waals surface area contributed by atoms with Gasteiger partial charge >= 0.3 is 0 Å². The number of aryl methyl sites for hydroxylation is 1. The summed E-state index contributed by atoms with van der Waals surface area (Å²) in [5.41, 5.74) is 0.702. The maximum Gasteiger partial charge on any atom is 0.227 e. The number of halogens is 4. The van der Waals surface area contributed by atoms with Gasteiger partial charge in [0, 0.05) is 11.0 Å². The fourth-order valence-electron chi connectivity index (χ4n) is 2.26. The first-order valence-electron chi connectivity index (χ1n) is 7.45. The quantitative estimate of drug-likeness (QED) is 0.232. The zero-order chi connectivity index (χ0) is 19.0. The lowest BCUT2D eigenvalue weighted by molar-refractivity contribution is 0.104. The van der Waals surface area contributed by atoms with E-state index in [0.717, 1.165) is 47.4 Å². The number of rotatable bonds is 5. The summed E-state index contributed by atoms with van der Waals surface area (Å²) >= 11 is 1.81. The maximum atomic E-state index is 13.5.